The molecule has 2 N–H and O–H groups in total. The van der Waals surface area contributed by atoms with E-state index in [0.717, 1.165) is 12.4 Å². The summed E-state index contributed by atoms with van der Waals surface area (Å²) in [5.74, 6) is 0.825. The van der Waals surface area contributed by atoms with Crippen LogP contribution in [0, 0.1) is 0 Å². The van der Waals surface area contributed by atoms with Gasteiger partial charge in [0.1, 0.15) is 18.6 Å². The molecule has 0 unspecified atom stereocenters. The van der Waals surface area contributed by atoms with Gasteiger partial charge in [0.2, 0.25) is 0 Å². The summed E-state index contributed by atoms with van der Waals surface area (Å²) < 4.78 is 17.7. The first-order valence-electron chi connectivity index (χ1n) is 4.93. The predicted molar refractivity (Wildman–Crippen MR) is 56.6 cm³/mol. The zero-order chi connectivity index (χ0) is 10.7. The van der Waals surface area contributed by atoms with Gasteiger partial charge in [0.25, 0.3) is 0 Å². The van der Waals surface area contributed by atoms with Crippen LogP contribution in [0.25, 0.3) is 0 Å². The van der Waals surface area contributed by atoms with Crippen molar-refractivity contribution in [2.75, 3.05) is 37.0 Å². The highest BCUT2D eigenvalue weighted by Crippen LogP contribution is 2.16. The lowest BCUT2D eigenvalue weighted by Gasteiger charge is -2.32. The van der Waals surface area contributed by atoms with Crippen molar-refractivity contribution in [2.45, 2.75) is 6.10 Å². The van der Waals surface area contributed by atoms with Gasteiger partial charge < -0.3 is 15.4 Å². The van der Waals surface area contributed by atoms with Gasteiger partial charge in [0.15, 0.2) is 0 Å². The van der Waals surface area contributed by atoms with Crippen LogP contribution in [0.5, 0.6) is 0 Å². The SMILES string of the molecule is Nc1ccc(N2CCO[C@@H](CF)C2)nc1. The van der Waals surface area contributed by atoms with Crippen LogP contribution in [0.3, 0.4) is 0 Å². The number of nitrogens with two attached hydrogens (primary N) is 1. The Morgan fingerprint density at radius 1 is 1.60 bits per heavy atom. The monoisotopic (exact) mass is 211 g/mol. The molecule has 0 bridgehead atoms. The van der Waals surface area contributed by atoms with Gasteiger partial charge in [0, 0.05) is 13.1 Å². The molecule has 1 atom stereocenters. The highest BCUT2D eigenvalue weighted by atomic mass is 19.1. The lowest BCUT2D eigenvalue weighted by atomic mass is 10.3. The standard InChI is InChI=1S/C10H14FN3O/c11-5-9-7-14(3-4-15-9)10-2-1-8(12)6-13-10/h1-2,6,9H,3-5,7,12H2/t9-/m0/s1. The molecule has 0 aliphatic carbocycles. The Hall–Kier alpha value is -1.36. The minimum atomic E-state index is -0.453. The number of morpholine rings is 1. The fourth-order valence-corrected chi connectivity index (χ4v) is 1.61. The van der Waals surface area contributed by atoms with Gasteiger partial charge in [0.05, 0.1) is 18.5 Å². The van der Waals surface area contributed by atoms with Crippen LogP contribution in [0.15, 0.2) is 18.3 Å². The first kappa shape index (κ1) is 10.2. The number of ether oxygens (including phenoxy) is 1. The molecule has 2 heterocycles. The van der Waals surface area contributed by atoms with E-state index in [4.69, 9.17) is 10.5 Å². The van der Waals surface area contributed by atoms with E-state index in [0.29, 0.717) is 18.8 Å². The number of pyridine rings is 1. The summed E-state index contributed by atoms with van der Waals surface area (Å²) in [7, 11) is 0. The molecule has 4 nitrogen and oxygen atoms in total. The second kappa shape index (κ2) is 4.44. The Labute approximate surface area is 87.8 Å². The summed E-state index contributed by atoms with van der Waals surface area (Å²) in [6, 6.07) is 3.64. The third-order valence-electron chi connectivity index (χ3n) is 2.41. The molecule has 1 aliphatic rings. The molecule has 1 saturated heterocycles. The lowest BCUT2D eigenvalue weighted by molar-refractivity contribution is 0.0245. The summed E-state index contributed by atoms with van der Waals surface area (Å²) in [5.41, 5.74) is 6.18. The predicted octanol–water partition coefficient (Wildman–Crippen LogP) is 0.838. The molecular weight excluding hydrogens is 197 g/mol. The molecule has 1 aliphatic heterocycles. The number of alkyl halides is 1. The van der Waals surface area contributed by atoms with Crippen LogP contribution in [0.1, 0.15) is 0 Å². The summed E-state index contributed by atoms with van der Waals surface area (Å²) >= 11 is 0. The summed E-state index contributed by atoms with van der Waals surface area (Å²) in [4.78, 5) is 6.20. The Morgan fingerprint density at radius 2 is 2.47 bits per heavy atom. The molecule has 1 fully saturated rings. The van der Waals surface area contributed by atoms with Crippen molar-refractivity contribution < 1.29 is 9.13 Å². The molecule has 0 spiro atoms. The minimum Gasteiger partial charge on any atom is -0.397 e. The summed E-state index contributed by atoms with van der Waals surface area (Å²) in [5, 5.41) is 0. The van der Waals surface area contributed by atoms with Crippen LogP contribution >= 0.6 is 0 Å². The fraction of sp³-hybridized carbons (Fsp3) is 0.500. The van der Waals surface area contributed by atoms with Gasteiger partial charge in [-0.1, -0.05) is 0 Å². The van der Waals surface area contributed by atoms with Crippen molar-refractivity contribution in [1.82, 2.24) is 4.98 Å². The number of halogens is 1. The van der Waals surface area contributed by atoms with E-state index in [1.165, 1.54) is 0 Å². The average molecular weight is 211 g/mol. The zero-order valence-electron chi connectivity index (χ0n) is 8.40. The van der Waals surface area contributed by atoms with E-state index in [2.05, 4.69) is 4.98 Å². The van der Waals surface area contributed by atoms with Gasteiger partial charge in [-0.05, 0) is 12.1 Å². The Morgan fingerprint density at radius 3 is 3.13 bits per heavy atom. The highest BCUT2D eigenvalue weighted by Gasteiger charge is 2.20. The molecule has 82 valence electrons. The molecule has 1 aromatic rings. The molecule has 2 rings (SSSR count). The van der Waals surface area contributed by atoms with Crippen molar-refractivity contribution in [2.24, 2.45) is 0 Å². The van der Waals surface area contributed by atoms with Gasteiger partial charge >= 0.3 is 0 Å². The van der Waals surface area contributed by atoms with E-state index in [1.807, 2.05) is 11.0 Å². The number of nitrogens with zero attached hydrogens (tertiary/aromatic N) is 2. The molecule has 5 heteroatoms. The Balaban J connectivity index is 2.06. The van der Waals surface area contributed by atoms with E-state index in [1.54, 1.807) is 12.3 Å². The maximum Gasteiger partial charge on any atom is 0.128 e. The molecule has 0 amide bonds. The van der Waals surface area contributed by atoms with Crippen molar-refractivity contribution in [3.8, 4) is 0 Å². The van der Waals surface area contributed by atoms with Crippen molar-refractivity contribution in [3.05, 3.63) is 18.3 Å². The Bertz CT molecular complexity index is 317. The Kier molecular flexibility index (Phi) is 3.01. The number of hydrogen-bond donors (Lipinski definition) is 1. The highest BCUT2D eigenvalue weighted by molar-refractivity contribution is 5.46. The second-order valence-electron chi connectivity index (χ2n) is 3.54. The van der Waals surface area contributed by atoms with Crippen molar-refractivity contribution in [3.63, 3.8) is 0 Å². The summed E-state index contributed by atoms with van der Waals surface area (Å²) in [6.07, 6.45) is 1.27. The maximum atomic E-state index is 12.4. The van der Waals surface area contributed by atoms with E-state index in [-0.39, 0.29) is 6.10 Å². The first-order valence-corrected chi connectivity index (χ1v) is 4.93. The summed E-state index contributed by atoms with van der Waals surface area (Å²) in [6.45, 7) is 1.38. The quantitative estimate of drug-likeness (QED) is 0.787. The van der Waals surface area contributed by atoms with Crippen LogP contribution in [-0.2, 0) is 4.74 Å². The smallest absolute Gasteiger partial charge is 0.128 e. The number of rotatable bonds is 2. The second-order valence-corrected chi connectivity index (χ2v) is 3.54. The average Bonchev–Trinajstić information content (AvgIpc) is 2.30. The van der Waals surface area contributed by atoms with Gasteiger partial charge in [-0.15, -0.1) is 0 Å². The lowest BCUT2D eigenvalue weighted by Crippen LogP contribution is -2.43. The molecular formula is C10H14FN3O. The molecule has 1 aromatic heterocycles. The third-order valence-corrected chi connectivity index (χ3v) is 2.41. The third kappa shape index (κ3) is 2.36. The number of aromatic nitrogens is 1. The van der Waals surface area contributed by atoms with E-state index in [9.17, 15) is 4.39 Å². The van der Waals surface area contributed by atoms with E-state index < -0.39 is 6.67 Å². The van der Waals surface area contributed by atoms with Gasteiger partial charge in [-0.2, -0.15) is 0 Å². The molecule has 0 radical (unpaired) electrons. The topological polar surface area (TPSA) is 51.4 Å². The van der Waals surface area contributed by atoms with Gasteiger partial charge in [-0.3, -0.25) is 0 Å². The first-order chi connectivity index (χ1) is 7.29. The fourth-order valence-electron chi connectivity index (χ4n) is 1.61. The zero-order valence-corrected chi connectivity index (χ0v) is 8.40. The van der Waals surface area contributed by atoms with Crippen molar-refractivity contribution >= 4 is 11.5 Å². The number of nitrogen functional groups attached to an aromatic ring is 1. The molecule has 0 aromatic carbocycles. The number of hydrogen-bond acceptors (Lipinski definition) is 4. The van der Waals surface area contributed by atoms with Gasteiger partial charge in [-0.25, -0.2) is 9.37 Å². The normalized spacial score (nSPS) is 21.7. The van der Waals surface area contributed by atoms with Crippen LogP contribution in [0.4, 0.5) is 15.9 Å². The molecule has 0 saturated carbocycles. The van der Waals surface area contributed by atoms with Crippen molar-refractivity contribution in [1.29, 1.82) is 0 Å². The maximum absolute atomic E-state index is 12.4. The number of anilines is 2. The van der Waals surface area contributed by atoms with Crippen LogP contribution < -0.4 is 10.6 Å². The van der Waals surface area contributed by atoms with Crippen LogP contribution in [-0.4, -0.2) is 37.5 Å². The van der Waals surface area contributed by atoms with Crippen LogP contribution in [0.2, 0.25) is 0 Å². The minimum absolute atomic E-state index is 0.335. The molecule has 15 heavy (non-hydrogen) atoms. The van der Waals surface area contributed by atoms with E-state index >= 15 is 0 Å². The largest absolute Gasteiger partial charge is 0.397 e.